The van der Waals surface area contributed by atoms with E-state index in [0.717, 1.165) is 22.5 Å². The second-order valence-electron chi connectivity index (χ2n) is 7.44. The third-order valence-corrected chi connectivity index (χ3v) is 6.13. The van der Waals surface area contributed by atoms with Crippen molar-refractivity contribution < 1.29 is 18.7 Å². The van der Waals surface area contributed by atoms with Gasteiger partial charge in [-0.3, -0.25) is 14.2 Å². The minimum Gasteiger partial charge on any atom is -0.497 e. The number of para-hydroxylation sites is 2. The first-order chi connectivity index (χ1) is 16.5. The number of hydrogen-bond acceptors (Lipinski definition) is 5. The van der Waals surface area contributed by atoms with Crippen LogP contribution in [0, 0.1) is 5.82 Å². The fourth-order valence-electron chi connectivity index (χ4n) is 3.53. The van der Waals surface area contributed by atoms with Crippen LogP contribution in [-0.2, 0) is 9.59 Å². The average Bonchev–Trinajstić information content (AvgIpc) is 3.22. The largest absolute Gasteiger partial charge is 0.497 e. The smallest absolute Gasteiger partial charge is 0.237 e. The minimum atomic E-state index is -0.520. The summed E-state index contributed by atoms with van der Waals surface area (Å²) < 4.78 is 20.6. The highest BCUT2D eigenvalue weighted by molar-refractivity contribution is 7.99. The van der Waals surface area contributed by atoms with Crippen molar-refractivity contribution in [2.24, 2.45) is 5.73 Å². The van der Waals surface area contributed by atoms with E-state index in [-0.39, 0.29) is 24.6 Å². The summed E-state index contributed by atoms with van der Waals surface area (Å²) in [7, 11) is 1.61. The van der Waals surface area contributed by atoms with Gasteiger partial charge in [-0.05, 0) is 60.7 Å². The Hall–Kier alpha value is -3.85. The second kappa shape index (κ2) is 10.4. The zero-order valence-corrected chi connectivity index (χ0v) is 19.3. The van der Waals surface area contributed by atoms with Gasteiger partial charge >= 0.3 is 0 Å². The number of halogens is 1. The molecule has 2 N–H and O–H groups in total. The number of ether oxygens (including phenoxy) is 1. The van der Waals surface area contributed by atoms with Crippen molar-refractivity contribution in [1.29, 1.82) is 0 Å². The molecule has 0 saturated carbocycles. The summed E-state index contributed by atoms with van der Waals surface area (Å²) >= 11 is 1.29. The van der Waals surface area contributed by atoms with Gasteiger partial charge in [-0.2, -0.15) is 0 Å². The molecule has 0 aliphatic heterocycles. The predicted octanol–water partition coefficient (Wildman–Crippen LogP) is 4.17. The molecule has 7 nitrogen and oxygen atoms in total. The van der Waals surface area contributed by atoms with E-state index in [2.05, 4.69) is 0 Å². The number of benzene rings is 3. The summed E-state index contributed by atoms with van der Waals surface area (Å²) in [5.74, 6) is -0.370. The first kappa shape index (κ1) is 23.3. The highest BCUT2D eigenvalue weighted by atomic mass is 32.2. The van der Waals surface area contributed by atoms with Crippen LogP contribution in [0.3, 0.4) is 0 Å². The molecule has 0 saturated heterocycles. The molecule has 34 heavy (non-hydrogen) atoms. The molecule has 3 aromatic carbocycles. The van der Waals surface area contributed by atoms with Gasteiger partial charge in [-0.15, -0.1) is 0 Å². The Morgan fingerprint density at radius 3 is 2.44 bits per heavy atom. The lowest BCUT2D eigenvalue weighted by molar-refractivity contribution is -0.118. The van der Waals surface area contributed by atoms with E-state index < -0.39 is 11.7 Å². The Kier molecular flexibility index (Phi) is 7.12. The number of methoxy groups -OCH3 is 1. The van der Waals surface area contributed by atoms with Crippen molar-refractivity contribution >= 4 is 40.3 Å². The van der Waals surface area contributed by atoms with Crippen molar-refractivity contribution in [2.45, 2.75) is 11.6 Å². The Morgan fingerprint density at radius 2 is 1.76 bits per heavy atom. The predicted molar refractivity (Wildman–Crippen MR) is 131 cm³/mol. The third-order valence-electron chi connectivity index (χ3n) is 5.21. The number of carbonyl (C=O) groups is 2. The monoisotopic (exact) mass is 478 g/mol. The molecule has 0 spiro atoms. The normalized spacial score (nSPS) is 10.9. The van der Waals surface area contributed by atoms with E-state index >= 15 is 0 Å². The Balaban J connectivity index is 1.61. The van der Waals surface area contributed by atoms with Crippen LogP contribution in [-0.4, -0.2) is 40.8 Å². The number of rotatable bonds is 9. The van der Waals surface area contributed by atoms with Crippen molar-refractivity contribution in [2.75, 3.05) is 24.3 Å². The molecule has 4 aromatic rings. The second-order valence-corrected chi connectivity index (χ2v) is 8.39. The molecule has 0 aliphatic rings. The van der Waals surface area contributed by atoms with E-state index in [1.54, 1.807) is 7.11 Å². The van der Waals surface area contributed by atoms with Crippen LogP contribution in [0.15, 0.2) is 78.0 Å². The molecule has 0 unspecified atom stereocenters. The Bertz CT molecular complexity index is 1310. The van der Waals surface area contributed by atoms with Crippen molar-refractivity contribution in [3.8, 4) is 11.4 Å². The van der Waals surface area contributed by atoms with Crippen molar-refractivity contribution in [3.05, 3.63) is 78.6 Å². The van der Waals surface area contributed by atoms with Gasteiger partial charge in [0.25, 0.3) is 0 Å². The third kappa shape index (κ3) is 5.20. The van der Waals surface area contributed by atoms with Gasteiger partial charge in [0.1, 0.15) is 11.6 Å². The number of primary amides is 1. The number of fused-ring (bicyclic) bond motifs is 1. The highest BCUT2D eigenvalue weighted by Gasteiger charge is 2.20. The van der Waals surface area contributed by atoms with Gasteiger partial charge in [0, 0.05) is 24.3 Å². The maximum atomic E-state index is 13.4. The van der Waals surface area contributed by atoms with Crippen molar-refractivity contribution in [1.82, 2.24) is 9.55 Å². The summed E-state index contributed by atoms with van der Waals surface area (Å²) in [5, 5.41) is 0.647. The van der Waals surface area contributed by atoms with Gasteiger partial charge in [0.2, 0.25) is 11.8 Å². The van der Waals surface area contributed by atoms with Crippen molar-refractivity contribution in [3.63, 3.8) is 0 Å². The molecule has 0 fully saturated rings. The lowest BCUT2D eigenvalue weighted by Crippen LogP contribution is -2.35. The number of amides is 2. The lowest BCUT2D eigenvalue weighted by Gasteiger charge is -2.22. The van der Waals surface area contributed by atoms with Gasteiger partial charge in [-0.25, -0.2) is 9.37 Å². The van der Waals surface area contributed by atoms with Crippen LogP contribution in [0.25, 0.3) is 16.7 Å². The van der Waals surface area contributed by atoms with Crippen LogP contribution in [0.1, 0.15) is 6.42 Å². The summed E-state index contributed by atoms with van der Waals surface area (Å²) in [6.45, 7) is 0.106. The molecule has 4 rings (SSSR count). The summed E-state index contributed by atoms with van der Waals surface area (Å²) in [4.78, 5) is 30.7. The molecule has 9 heteroatoms. The van der Waals surface area contributed by atoms with E-state index in [9.17, 15) is 14.0 Å². The van der Waals surface area contributed by atoms with Gasteiger partial charge in [0.15, 0.2) is 5.16 Å². The number of thioether (sulfide) groups is 1. The zero-order chi connectivity index (χ0) is 24.1. The summed E-state index contributed by atoms with van der Waals surface area (Å²) in [5.41, 5.74) is 8.38. The molecule has 0 bridgehead atoms. The molecule has 0 radical (unpaired) electrons. The average molecular weight is 479 g/mol. The first-order valence-electron chi connectivity index (χ1n) is 10.5. The number of nitrogens with two attached hydrogens (primary N) is 1. The maximum Gasteiger partial charge on any atom is 0.237 e. The molecular formula is C25H23FN4O3S. The van der Waals surface area contributed by atoms with E-state index in [0.29, 0.717) is 10.8 Å². The minimum absolute atomic E-state index is 0.00184. The fourth-order valence-corrected chi connectivity index (χ4v) is 4.43. The molecule has 1 heterocycles. The molecule has 2 amide bonds. The van der Waals surface area contributed by atoms with E-state index in [1.165, 1.54) is 40.9 Å². The number of aromatic nitrogens is 2. The van der Waals surface area contributed by atoms with Gasteiger partial charge in [-0.1, -0.05) is 23.9 Å². The van der Waals surface area contributed by atoms with Gasteiger partial charge in [0.05, 0.1) is 23.9 Å². The number of carbonyl (C=O) groups excluding carboxylic acids is 2. The quantitative estimate of drug-likeness (QED) is 0.365. The molecular weight excluding hydrogens is 455 g/mol. The molecule has 0 atom stereocenters. The Labute approximate surface area is 200 Å². The first-order valence-corrected chi connectivity index (χ1v) is 11.5. The molecule has 1 aromatic heterocycles. The van der Waals surface area contributed by atoms with Crippen LogP contribution >= 0.6 is 11.8 Å². The Morgan fingerprint density at radius 1 is 1.06 bits per heavy atom. The molecule has 0 aliphatic carbocycles. The van der Waals surface area contributed by atoms with E-state index in [1.807, 2.05) is 53.1 Å². The van der Waals surface area contributed by atoms with Gasteiger partial charge < -0.3 is 15.4 Å². The number of anilines is 1. The van der Waals surface area contributed by atoms with E-state index in [4.69, 9.17) is 15.5 Å². The standard InChI is InChI=1S/C25H23FN4O3S/c1-33-20-12-10-19(11-13-20)30-22-5-3-2-4-21(22)28-25(30)34-16-24(32)29(15-14-23(27)31)18-8-6-17(26)7-9-18/h2-13H,14-16H2,1H3,(H2,27,31). The lowest BCUT2D eigenvalue weighted by atomic mass is 10.2. The summed E-state index contributed by atoms with van der Waals surface area (Å²) in [6, 6.07) is 20.9. The summed E-state index contributed by atoms with van der Waals surface area (Å²) in [6.07, 6.45) is -0.00184. The maximum absolute atomic E-state index is 13.4. The number of hydrogen-bond donors (Lipinski definition) is 1. The number of nitrogens with zero attached hydrogens (tertiary/aromatic N) is 3. The number of imidazole rings is 1. The molecule has 174 valence electrons. The van der Waals surface area contributed by atoms with Crippen LogP contribution < -0.4 is 15.4 Å². The zero-order valence-electron chi connectivity index (χ0n) is 18.5. The van der Waals surface area contributed by atoms with Crippen LogP contribution in [0.2, 0.25) is 0 Å². The topological polar surface area (TPSA) is 90.5 Å². The SMILES string of the molecule is COc1ccc(-n2c(SCC(=O)N(CCC(N)=O)c3ccc(F)cc3)nc3ccccc32)cc1. The van der Waals surface area contributed by atoms with Crippen LogP contribution in [0.5, 0.6) is 5.75 Å². The van der Waals surface area contributed by atoms with Crippen LogP contribution in [0.4, 0.5) is 10.1 Å². The highest BCUT2D eigenvalue weighted by Crippen LogP contribution is 2.29. The fraction of sp³-hybridized carbons (Fsp3) is 0.160.